The molecule has 0 unspecified atom stereocenters. The van der Waals surface area contributed by atoms with Gasteiger partial charge in [-0.2, -0.15) is 10.2 Å². The molecule has 24 heavy (non-hydrogen) atoms. The quantitative estimate of drug-likeness (QED) is 0.655. The molecule has 118 valence electrons. The van der Waals surface area contributed by atoms with Crippen molar-refractivity contribution in [3.8, 4) is 23.7 Å². The van der Waals surface area contributed by atoms with E-state index in [0.29, 0.717) is 22.5 Å². The monoisotopic (exact) mass is 318 g/mol. The van der Waals surface area contributed by atoms with Crippen LogP contribution in [0.4, 0.5) is 5.95 Å². The first-order chi connectivity index (χ1) is 11.4. The lowest BCUT2D eigenvalue weighted by Crippen LogP contribution is -2.14. The van der Waals surface area contributed by atoms with Crippen molar-refractivity contribution in [1.82, 2.24) is 19.5 Å². The van der Waals surface area contributed by atoms with E-state index in [9.17, 15) is 10.4 Å². The van der Waals surface area contributed by atoms with E-state index in [0.717, 1.165) is 5.52 Å². The topological polar surface area (TPSA) is 114 Å². The molecule has 0 spiro atoms. The number of pyridine rings is 1. The zero-order chi connectivity index (χ0) is 17.3. The minimum Gasteiger partial charge on any atom is -0.378 e. The highest BCUT2D eigenvalue weighted by Crippen LogP contribution is 2.23. The molecule has 3 aromatic rings. The van der Waals surface area contributed by atoms with Gasteiger partial charge < -0.3 is 10.8 Å². The van der Waals surface area contributed by atoms with Crippen molar-refractivity contribution in [3.63, 3.8) is 0 Å². The number of nitrogens with zero attached hydrogens (tertiary/aromatic N) is 5. The molecule has 3 aromatic heterocycles. The van der Waals surface area contributed by atoms with Gasteiger partial charge in [0.1, 0.15) is 23.2 Å². The average molecular weight is 318 g/mol. The van der Waals surface area contributed by atoms with E-state index in [4.69, 9.17) is 5.73 Å². The number of nitrogens with two attached hydrogens (primary N) is 1. The minimum absolute atomic E-state index is 0.143. The van der Waals surface area contributed by atoms with Crippen LogP contribution >= 0.6 is 0 Å². The van der Waals surface area contributed by atoms with E-state index in [1.54, 1.807) is 49.1 Å². The summed E-state index contributed by atoms with van der Waals surface area (Å²) >= 11 is 0. The highest BCUT2D eigenvalue weighted by molar-refractivity contribution is 5.87. The van der Waals surface area contributed by atoms with Gasteiger partial charge in [0.15, 0.2) is 0 Å². The molecule has 0 aliphatic heterocycles. The molecule has 0 amide bonds. The van der Waals surface area contributed by atoms with E-state index < -0.39 is 5.60 Å². The molecule has 7 heteroatoms. The molecule has 0 radical (unpaired) electrons. The first-order valence-corrected chi connectivity index (χ1v) is 7.13. The predicted octanol–water partition coefficient (Wildman–Crippen LogP) is 1.39. The molecule has 0 aromatic carbocycles. The summed E-state index contributed by atoms with van der Waals surface area (Å²) in [5.74, 6) is 6.23. The number of fused-ring (bicyclic) bond motifs is 1. The standard InChI is InChI=1S/C17H14N6O/c1-17(2,24)5-3-12-7-14-13(9-21-12)11(8-18)10-23(14)15-4-6-20-16(19)22-15/h4,6-7,9-10,24H,1-2H3,(H2,19,20,22). The molecule has 0 saturated carbocycles. The lowest BCUT2D eigenvalue weighted by Gasteiger charge is -2.06. The van der Waals surface area contributed by atoms with Gasteiger partial charge in [0.05, 0.1) is 11.1 Å². The molecule has 0 fully saturated rings. The normalized spacial score (nSPS) is 10.9. The number of aliphatic hydroxyl groups is 1. The van der Waals surface area contributed by atoms with E-state index in [2.05, 4.69) is 32.9 Å². The third kappa shape index (κ3) is 3.02. The summed E-state index contributed by atoms with van der Waals surface area (Å²) in [7, 11) is 0. The lowest BCUT2D eigenvalue weighted by molar-refractivity contribution is 0.143. The van der Waals surface area contributed by atoms with Gasteiger partial charge in [-0.3, -0.25) is 4.57 Å². The summed E-state index contributed by atoms with van der Waals surface area (Å²) in [5, 5.41) is 19.7. The van der Waals surface area contributed by atoms with Crippen LogP contribution in [0.5, 0.6) is 0 Å². The Bertz CT molecular complexity index is 1030. The second kappa shape index (κ2) is 5.65. The van der Waals surface area contributed by atoms with Gasteiger partial charge in [-0.05, 0) is 31.9 Å². The van der Waals surface area contributed by atoms with Crippen LogP contribution in [-0.2, 0) is 0 Å². The van der Waals surface area contributed by atoms with Crippen LogP contribution in [0.3, 0.4) is 0 Å². The van der Waals surface area contributed by atoms with Crippen LogP contribution in [0, 0.1) is 23.2 Å². The Kier molecular flexibility index (Phi) is 3.64. The Morgan fingerprint density at radius 1 is 1.33 bits per heavy atom. The molecule has 0 saturated heterocycles. The zero-order valence-electron chi connectivity index (χ0n) is 13.1. The maximum absolute atomic E-state index is 9.72. The van der Waals surface area contributed by atoms with Crippen molar-refractivity contribution < 1.29 is 5.11 Å². The number of aromatic nitrogens is 4. The molecule has 0 bridgehead atoms. The van der Waals surface area contributed by atoms with Crippen molar-refractivity contribution in [1.29, 1.82) is 5.26 Å². The van der Waals surface area contributed by atoms with Gasteiger partial charge in [0, 0.05) is 24.0 Å². The highest BCUT2D eigenvalue weighted by Gasteiger charge is 2.12. The Morgan fingerprint density at radius 2 is 2.12 bits per heavy atom. The Balaban J connectivity index is 2.22. The molecule has 3 N–H and O–H groups in total. The van der Waals surface area contributed by atoms with Gasteiger partial charge >= 0.3 is 0 Å². The maximum Gasteiger partial charge on any atom is 0.221 e. The van der Waals surface area contributed by atoms with Crippen LogP contribution in [0.15, 0.2) is 30.7 Å². The van der Waals surface area contributed by atoms with Crippen molar-refractivity contribution in [3.05, 3.63) is 42.0 Å². The Labute approximate surface area is 138 Å². The van der Waals surface area contributed by atoms with E-state index in [-0.39, 0.29) is 5.95 Å². The van der Waals surface area contributed by atoms with E-state index in [1.807, 2.05) is 0 Å². The number of nitriles is 1. The smallest absolute Gasteiger partial charge is 0.221 e. The Hall–Kier alpha value is -3.42. The van der Waals surface area contributed by atoms with Crippen molar-refractivity contribution in [2.24, 2.45) is 0 Å². The second-order valence-corrected chi connectivity index (χ2v) is 5.69. The zero-order valence-corrected chi connectivity index (χ0v) is 13.1. The van der Waals surface area contributed by atoms with Crippen LogP contribution < -0.4 is 5.73 Å². The van der Waals surface area contributed by atoms with Crippen LogP contribution in [-0.4, -0.2) is 30.2 Å². The molecular formula is C17H14N6O. The number of anilines is 1. The number of hydrogen-bond donors (Lipinski definition) is 2. The van der Waals surface area contributed by atoms with E-state index in [1.165, 1.54) is 0 Å². The van der Waals surface area contributed by atoms with Gasteiger partial charge in [-0.15, -0.1) is 0 Å². The molecule has 0 atom stereocenters. The summed E-state index contributed by atoms with van der Waals surface area (Å²) in [5.41, 5.74) is 6.20. The molecule has 0 aliphatic carbocycles. The van der Waals surface area contributed by atoms with Gasteiger partial charge in [0.25, 0.3) is 0 Å². The van der Waals surface area contributed by atoms with Crippen molar-refractivity contribution in [2.45, 2.75) is 19.4 Å². The Morgan fingerprint density at radius 3 is 2.79 bits per heavy atom. The number of nitrogen functional groups attached to an aromatic ring is 1. The summed E-state index contributed by atoms with van der Waals surface area (Å²) in [6.45, 7) is 3.19. The largest absolute Gasteiger partial charge is 0.378 e. The third-order valence-electron chi connectivity index (χ3n) is 3.21. The lowest BCUT2D eigenvalue weighted by atomic mass is 10.1. The average Bonchev–Trinajstić information content (AvgIpc) is 2.90. The second-order valence-electron chi connectivity index (χ2n) is 5.69. The van der Waals surface area contributed by atoms with Crippen LogP contribution in [0.25, 0.3) is 16.7 Å². The molecule has 0 aliphatic rings. The van der Waals surface area contributed by atoms with Crippen molar-refractivity contribution in [2.75, 3.05) is 5.73 Å². The summed E-state index contributed by atoms with van der Waals surface area (Å²) in [4.78, 5) is 12.3. The fraction of sp³-hybridized carbons (Fsp3) is 0.176. The fourth-order valence-corrected chi connectivity index (χ4v) is 2.18. The van der Waals surface area contributed by atoms with E-state index >= 15 is 0 Å². The third-order valence-corrected chi connectivity index (χ3v) is 3.21. The molecule has 3 rings (SSSR count). The maximum atomic E-state index is 9.72. The molecular weight excluding hydrogens is 304 g/mol. The number of hydrogen-bond acceptors (Lipinski definition) is 6. The van der Waals surface area contributed by atoms with Crippen LogP contribution in [0.1, 0.15) is 25.1 Å². The first-order valence-electron chi connectivity index (χ1n) is 7.13. The SMILES string of the molecule is CC(C)(O)C#Cc1cc2c(cn1)c(C#N)cn2-c1ccnc(N)n1. The first kappa shape index (κ1) is 15.5. The predicted molar refractivity (Wildman–Crippen MR) is 89.0 cm³/mol. The molecule has 3 heterocycles. The highest BCUT2D eigenvalue weighted by atomic mass is 16.3. The summed E-state index contributed by atoms with van der Waals surface area (Å²) < 4.78 is 1.74. The van der Waals surface area contributed by atoms with Gasteiger partial charge in [-0.1, -0.05) is 5.92 Å². The molecule has 7 nitrogen and oxygen atoms in total. The fourth-order valence-electron chi connectivity index (χ4n) is 2.18. The van der Waals surface area contributed by atoms with Gasteiger partial charge in [0.2, 0.25) is 5.95 Å². The van der Waals surface area contributed by atoms with Gasteiger partial charge in [-0.25, -0.2) is 9.97 Å². The van der Waals surface area contributed by atoms with Crippen LogP contribution in [0.2, 0.25) is 0 Å². The summed E-state index contributed by atoms with van der Waals surface area (Å²) in [6.07, 6.45) is 4.80. The summed E-state index contributed by atoms with van der Waals surface area (Å²) in [6, 6.07) is 5.58. The number of rotatable bonds is 1. The minimum atomic E-state index is -1.11. The van der Waals surface area contributed by atoms with Crippen molar-refractivity contribution >= 4 is 16.9 Å².